The first-order valence-electron chi connectivity index (χ1n) is 4.68. The molecule has 1 aromatic carbocycles. The fourth-order valence-corrected chi connectivity index (χ4v) is 1.33. The van der Waals surface area contributed by atoms with E-state index in [0.29, 0.717) is 12.4 Å². The molecule has 0 spiro atoms. The Bertz CT molecular complexity index is 435. The zero-order valence-corrected chi connectivity index (χ0v) is 8.18. The molecule has 1 aromatic heterocycles. The van der Waals surface area contributed by atoms with Crippen molar-refractivity contribution in [2.45, 2.75) is 6.42 Å². The quantitative estimate of drug-likeness (QED) is 0.772. The van der Waals surface area contributed by atoms with Gasteiger partial charge in [-0.15, -0.1) is 0 Å². The normalized spacial score (nSPS) is 10.5. The molecule has 5 nitrogen and oxygen atoms in total. The summed E-state index contributed by atoms with van der Waals surface area (Å²) in [6, 6.07) is 7.81. The van der Waals surface area contributed by atoms with Crippen molar-refractivity contribution in [1.82, 2.24) is 10.1 Å². The van der Waals surface area contributed by atoms with Crippen LogP contribution in [-0.2, 0) is 6.42 Å². The summed E-state index contributed by atoms with van der Waals surface area (Å²) in [6.45, 7) is 0.646. The van der Waals surface area contributed by atoms with E-state index >= 15 is 0 Å². The maximum Gasteiger partial charge on any atom is 0.261 e. The first kappa shape index (κ1) is 9.67. The van der Waals surface area contributed by atoms with Gasteiger partial charge in [-0.25, -0.2) is 0 Å². The highest BCUT2D eigenvalue weighted by Crippen LogP contribution is 2.18. The van der Waals surface area contributed by atoms with Crippen LogP contribution in [0, 0.1) is 0 Å². The van der Waals surface area contributed by atoms with E-state index < -0.39 is 0 Å². The minimum Gasteiger partial charge on any atom is -0.365 e. The topological polar surface area (TPSA) is 91.0 Å². The van der Waals surface area contributed by atoms with Crippen LogP contribution >= 0.6 is 0 Å². The average molecular weight is 204 g/mol. The highest BCUT2D eigenvalue weighted by molar-refractivity contribution is 5.54. The van der Waals surface area contributed by atoms with Crippen LogP contribution in [0.4, 0.5) is 5.95 Å². The minimum absolute atomic E-state index is 0.149. The zero-order chi connectivity index (χ0) is 10.7. The van der Waals surface area contributed by atoms with Crippen LogP contribution in [0.25, 0.3) is 11.5 Å². The van der Waals surface area contributed by atoms with Gasteiger partial charge in [0, 0.05) is 5.56 Å². The monoisotopic (exact) mass is 204 g/mol. The maximum atomic E-state index is 5.46. The van der Waals surface area contributed by atoms with E-state index in [0.717, 1.165) is 12.0 Å². The second-order valence-electron chi connectivity index (χ2n) is 3.19. The Morgan fingerprint density at radius 1 is 1.20 bits per heavy atom. The SMILES string of the molecule is NCCc1ccc(-c2nc(N)no2)cc1. The van der Waals surface area contributed by atoms with Crippen molar-refractivity contribution < 1.29 is 4.52 Å². The fourth-order valence-electron chi connectivity index (χ4n) is 1.33. The Morgan fingerprint density at radius 3 is 2.47 bits per heavy atom. The third-order valence-corrected chi connectivity index (χ3v) is 2.08. The summed E-state index contributed by atoms with van der Waals surface area (Å²) in [5, 5.41) is 3.52. The van der Waals surface area contributed by atoms with Gasteiger partial charge in [0.25, 0.3) is 11.8 Å². The number of nitrogens with zero attached hydrogens (tertiary/aromatic N) is 2. The molecule has 78 valence electrons. The van der Waals surface area contributed by atoms with Crippen molar-refractivity contribution in [3.63, 3.8) is 0 Å². The second-order valence-corrected chi connectivity index (χ2v) is 3.19. The molecule has 0 unspecified atom stereocenters. The van der Waals surface area contributed by atoms with Crippen LogP contribution in [0.5, 0.6) is 0 Å². The minimum atomic E-state index is 0.149. The van der Waals surface area contributed by atoms with Crippen molar-refractivity contribution >= 4 is 5.95 Å². The lowest BCUT2D eigenvalue weighted by Gasteiger charge is -1.98. The summed E-state index contributed by atoms with van der Waals surface area (Å²) in [7, 11) is 0. The molecular formula is C10H12N4O. The van der Waals surface area contributed by atoms with Crippen LogP contribution in [0.15, 0.2) is 28.8 Å². The molecular weight excluding hydrogens is 192 g/mol. The van der Waals surface area contributed by atoms with E-state index in [2.05, 4.69) is 10.1 Å². The van der Waals surface area contributed by atoms with Crippen molar-refractivity contribution in [2.75, 3.05) is 12.3 Å². The second kappa shape index (κ2) is 4.10. The molecule has 0 saturated heterocycles. The average Bonchev–Trinajstić information content (AvgIpc) is 2.67. The molecule has 0 atom stereocenters. The first-order chi connectivity index (χ1) is 7.29. The van der Waals surface area contributed by atoms with Gasteiger partial charge in [0.1, 0.15) is 0 Å². The van der Waals surface area contributed by atoms with Crippen molar-refractivity contribution in [3.8, 4) is 11.5 Å². The third kappa shape index (κ3) is 2.13. The molecule has 1 heterocycles. The summed E-state index contributed by atoms with van der Waals surface area (Å²) in [6.07, 6.45) is 0.867. The van der Waals surface area contributed by atoms with Gasteiger partial charge in [0.15, 0.2) is 0 Å². The molecule has 0 radical (unpaired) electrons. The molecule has 0 saturated carbocycles. The molecule has 4 N–H and O–H groups in total. The Morgan fingerprint density at radius 2 is 1.93 bits per heavy atom. The zero-order valence-electron chi connectivity index (χ0n) is 8.18. The third-order valence-electron chi connectivity index (χ3n) is 2.08. The van der Waals surface area contributed by atoms with Crippen molar-refractivity contribution in [3.05, 3.63) is 29.8 Å². The molecule has 0 aliphatic heterocycles. The van der Waals surface area contributed by atoms with Gasteiger partial charge < -0.3 is 16.0 Å². The Labute approximate surface area is 87.1 Å². The molecule has 0 fully saturated rings. The number of anilines is 1. The summed E-state index contributed by atoms with van der Waals surface area (Å²) in [5.74, 6) is 0.586. The van der Waals surface area contributed by atoms with Crippen molar-refractivity contribution in [2.24, 2.45) is 5.73 Å². The number of nitrogens with two attached hydrogens (primary N) is 2. The summed E-state index contributed by atoms with van der Waals surface area (Å²) in [5.41, 5.74) is 12.9. The number of hydrogen-bond donors (Lipinski definition) is 2. The lowest BCUT2D eigenvalue weighted by atomic mass is 10.1. The van der Waals surface area contributed by atoms with Gasteiger partial charge in [-0.1, -0.05) is 12.1 Å². The van der Waals surface area contributed by atoms with Crippen molar-refractivity contribution in [1.29, 1.82) is 0 Å². The standard InChI is InChI=1S/C10H12N4O/c11-6-5-7-1-3-8(4-2-7)9-13-10(12)14-15-9/h1-4H,5-6,11H2,(H2,12,14). The van der Waals surface area contributed by atoms with Gasteiger partial charge in [-0.05, 0) is 35.8 Å². The molecule has 0 aliphatic carbocycles. The van der Waals surface area contributed by atoms with E-state index in [1.165, 1.54) is 5.56 Å². The highest BCUT2D eigenvalue weighted by atomic mass is 16.5. The number of aromatic nitrogens is 2. The molecule has 2 aromatic rings. The Hall–Kier alpha value is -1.88. The predicted molar refractivity (Wildman–Crippen MR) is 56.9 cm³/mol. The first-order valence-corrected chi connectivity index (χ1v) is 4.68. The van der Waals surface area contributed by atoms with Crippen LogP contribution in [-0.4, -0.2) is 16.7 Å². The van der Waals surface area contributed by atoms with Gasteiger partial charge in [-0.2, -0.15) is 4.98 Å². The van der Waals surface area contributed by atoms with E-state index in [4.69, 9.17) is 16.0 Å². The van der Waals surface area contributed by atoms with E-state index in [9.17, 15) is 0 Å². The lowest BCUT2D eigenvalue weighted by Crippen LogP contribution is -2.02. The van der Waals surface area contributed by atoms with E-state index in [1.54, 1.807) is 0 Å². The van der Waals surface area contributed by atoms with Crippen LogP contribution < -0.4 is 11.5 Å². The van der Waals surface area contributed by atoms with E-state index in [-0.39, 0.29) is 5.95 Å². The molecule has 5 heteroatoms. The van der Waals surface area contributed by atoms with Gasteiger partial charge >= 0.3 is 0 Å². The smallest absolute Gasteiger partial charge is 0.261 e. The number of benzene rings is 1. The predicted octanol–water partition coefficient (Wildman–Crippen LogP) is 0.820. The largest absolute Gasteiger partial charge is 0.365 e. The van der Waals surface area contributed by atoms with Gasteiger partial charge in [0.05, 0.1) is 0 Å². The molecule has 2 rings (SSSR count). The Kier molecular flexibility index (Phi) is 2.64. The highest BCUT2D eigenvalue weighted by Gasteiger charge is 2.05. The lowest BCUT2D eigenvalue weighted by molar-refractivity contribution is 0.433. The van der Waals surface area contributed by atoms with E-state index in [1.807, 2.05) is 24.3 Å². The van der Waals surface area contributed by atoms with Crippen LogP contribution in [0.1, 0.15) is 5.56 Å². The maximum absolute atomic E-state index is 5.46. The van der Waals surface area contributed by atoms with Gasteiger partial charge in [-0.3, -0.25) is 0 Å². The number of nitrogen functional groups attached to an aromatic ring is 1. The molecule has 15 heavy (non-hydrogen) atoms. The number of rotatable bonds is 3. The summed E-state index contributed by atoms with van der Waals surface area (Å²) < 4.78 is 4.94. The molecule has 0 aliphatic rings. The summed E-state index contributed by atoms with van der Waals surface area (Å²) in [4.78, 5) is 3.93. The van der Waals surface area contributed by atoms with Crippen LogP contribution in [0.3, 0.4) is 0 Å². The molecule has 0 bridgehead atoms. The van der Waals surface area contributed by atoms with Crippen LogP contribution in [0.2, 0.25) is 0 Å². The number of hydrogen-bond acceptors (Lipinski definition) is 5. The van der Waals surface area contributed by atoms with Gasteiger partial charge in [0.2, 0.25) is 0 Å². The summed E-state index contributed by atoms with van der Waals surface area (Å²) >= 11 is 0. The Balaban J connectivity index is 2.23. The molecule has 0 amide bonds. The fraction of sp³-hybridized carbons (Fsp3) is 0.200.